The second-order valence-corrected chi connectivity index (χ2v) is 4.65. The number of rotatable bonds is 4. The van der Waals surface area contributed by atoms with Gasteiger partial charge < -0.3 is 14.8 Å². The van der Waals surface area contributed by atoms with Crippen LogP contribution in [0.15, 0.2) is 34.9 Å². The monoisotopic (exact) mass is 277 g/mol. The fourth-order valence-corrected chi connectivity index (χ4v) is 2.01. The van der Waals surface area contributed by atoms with Crippen molar-refractivity contribution in [3.63, 3.8) is 0 Å². The van der Waals surface area contributed by atoms with Crippen molar-refractivity contribution in [2.75, 3.05) is 6.61 Å². The van der Waals surface area contributed by atoms with E-state index in [2.05, 4.69) is 5.32 Å². The normalized spacial score (nSPS) is 12.2. The zero-order chi connectivity index (χ0) is 14.7. The molecule has 0 bridgehead atoms. The average molecular weight is 277 g/mol. The molecule has 106 valence electrons. The van der Waals surface area contributed by atoms with E-state index in [-0.39, 0.29) is 18.3 Å². The van der Waals surface area contributed by atoms with Gasteiger partial charge in [-0.1, -0.05) is 0 Å². The number of benzene rings is 1. The summed E-state index contributed by atoms with van der Waals surface area (Å²) in [5.41, 5.74) is 1.17. The van der Waals surface area contributed by atoms with Crippen molar-refractivity contribution >= 4 is 5.91 Å². The molecule has 0 aliphatic heterocycles. The minimum Gasteiger partial charge on any atom is -0.467 e. The number of carbonyl (C=O) groups excluding carboxylic acids is 1. The van der Waals surface area contributed by atoms with Crippen LogP contribution >= 0.6 is 0 Å². The summed E-state index contributed by atoms with van der Waals surface area (Å²) in [6, 6.07) is 5.68. The maximum atomic E-state index is 13.5. The molecule has 1 amide bonds. The van der Waals surface area contributed by atoms with Crippen LogP contribution in [0.4, 0.5) is 4.39 Å². The van der Waals surface area contributed by atoms with E-state index in [4.69, 9.17) is 4.42 Å². The van der Waals surface area contributed by atoms with Crippen LogP contribution in [0.2, 0.25) is 0 Å². The van der Waals surface area contributed by atoms with Gasteiger partial charge in [0.1, 0.15) is 17.6 Å². The first kappa shape index (κ1) is 14.3. The number of aliphatic hydroxyl groups is 1. The molecule has 5 heteroatoms. The predicted molar refractivity (Wildman–Crippen MR) is 71.9 cm³/mol. The molecule has 0 spiro atoms. The van der Waals surface area contributed by atoms with Crippen molar-refractivity contribution in [2.24, 2.45) is 0 Å². The molecule has 0 radical (unpaired) electrons. The molecule has 4 nitrogen and oxygen atoms in total. The molecule has 2 aromatic rings. The van der Waals surface area contributed by atoms with Crippen LogP contribution in [0, 0.1) is 19.7 Å². The van der Waals surface area contributed by atoms with Crippen LogP contribution < -0.4 is 5.32 Å². The molecule has 1 heterocycles. The Morgan fingerprint density at radius 2 is 2.05 bits per heavy atom. The summed E-state index contributed by atoms with van der Waals surface area (Å²) in [7, 11) is 0. The Bertz CT molecular complexity index is 585. The van der Waals surface area contributed by atoms with Crippen LogP contribution in [-0.2, 0) is 0 Å². The second kappa shape index (κ2) is 5.88. The van der Waals surface area contributed by atoms with Crippen molar-refractivity contribution in [1.29, 1.82) is 0 Å². The molecule has 20 heavy (non-hydrogen) atoms. The Hall–Kier alpha value is -2.14. The maximum absolute atomic E-state index is 13.5. The highest BCUT2D eigenvalue weighted by Gasteiger charge is 2.18. The first-order valence-corrected chi connectivity index (χ1v) is 6.24. The Labute approximate surface area is 116 Å². The fraction of sp³-hybridized carbons (Fsp3) is 0.267. The van der Waals surface area contributed by atoms with Crippen LogP contribution in [0.3, 0.4) is 0 Å². The lowest BCUT2D eigenvalue weighted by Crippen LogP contribution is -2.30. The number of amides is 1. The molecule has 1 aromatic heterocycles. The van der Waals surface area contributed by atoms with E-state index in [0.717, 1.165) is 0 Å². The standard InChI is InChI=1S/C15H16FNO3/c1-9-6-11(7-10(2)14(9)16)15(19)17-12(8-18)13-4-3-5-20-13/h3-7,12,18H,8H2,1-2H3,(H,17,19). The van der Waals surface area contributed by atoms with Gasteiger partial charge in [-0.3, -0.25) is 4.79 Å². The highest BCUT2D eigenvalue weighted by Crippen LogP contribution is 2.17. The van der Waals surface area contributed by atoms with Gasteiger partial charge in [0.05, 0.1) is 12.9 Å². The number of hydrogen-bond donors (Lipinski definition) is 2. The van der Waals surface area contributed by atoms with E-state index < -0.39 is 6.04 Å². The van der Waals surface area contributed by atoms with Gasteiger partial charge >= 0.3 is 0 Å². The van der Waals surface area contributed by atoms with E-state index in [9.17, 15) is 14.3 Å². The van der Waals surface area contributed by atoms with Gasteiger partial charge in [-0.05, 0) is 49.2 Å². The van der Waals surface area contributed by atoms with E-state index in [1.54, 1.807) is 26.0 Å². The molecule has 0 aliphatic carbocycles. The maximum Gasteiger partial charge on any atom is 0.251 e. The number of furan rings is 1. The van der Waals surface area contributed by atoms with Crippen molar-refractivity contribution in [1.82, 2.24) is 5.32 Å². The predicted octanol–water partition coefficient (Wildman–Crippen LogP) is 2.50. The zero-order valence-electron chi connectivity index (χ0n) is 11.3. The van der Waals surface area contributed by atoms with Crippen LogP contribution in [0.1, 0.15) is 33.3 Å². The van der Waals surface area contributed by atoms with Crippen molar-refractivity contribution in [3.8, 4) is 0 Å². The number of nitrogens with one attached hydrogen (secondary N) is 1. The number of aryl methyl sites for hydroxylation is 2. The van der Waals surface area contributed by atoms with Gasteiger partial charge in [0.15, 0.2) is 0 Å². The largest absolute Gasteiger partial charge is 0.467 e. The van der Waals surface area contributed by atoms with Gasteiger partial charge in [-0.2, -0.15) is 0 Å². The molecule has 2 N–H and O–H groups in total. The first-order chi connectivity index (χ1) is 9.52. The van der Waals surface area contributed by atoms with Gasteiger partial charge in [0.25, 0.3) is 5.91 Å². The number of halogens is 1. The molecule has 0 aliphatic rings. The molecule has 1 unspecified atom stereocenters. The number of carbonyl (C=O) groups is 1. The summed E-state index contributed by atoms with van der Waals surface area (Å²) < 4.78 is 18.7. The summed E-state index contributed by atoms with van der Waals surface area (Å²) in [6.07, 6.45) is 1.47. The molecule has 1 aromatic carbocycles. The smallest absolute Gasteiger partial charge is 0.251 e. The highest BCUT2D eigenvalue weighted by atomic mass is 19.1. The number of hydrogen-bond acceptors (Lipinski definition) is 3. The summed E-state index contributed by atoms with van der Waals surface area (Å²) in [5, 5.41) is 12.0. The van der Waals surface area contributed by atoms with Crippen LogP contribution in [-0.4, -0.2) is 17.6 Å². The molecule has 0 saturated heterocycles. The second-order valence-electron chi connectivity index (χ2n) is 4.65. The van der Waals surface area contributed by atoms with Crippen molar-refractivity contribution in [2.45, 2.75) is 19.9 Å². The van der Waals surface area contributed by atoms with Gasteiger partial charge in [-0.15, -0.1) is 0 Å². The lowest BCUT2D eigenvalue weighted by molar-refractivity contribution is 0.0907. The van der Waals surface area contributed by atoms with Crippen LogP contribution in [0.5, 0.6) is 0 Å². The fourth-order valence-electron chi connectivity index (χ4n) is 2.01. The van der Waals surface area contributed by atoms with Crippen molar-refractivity contribution < 1.29 is 18.7 Å². The number of aliphatic hydroxyl groups excluding tert-OH is 1. The first-order valence-electron chi connectivity index (χ1n) is 6.24. The SMILES string of the molecule is Cc1cc(C(=O)NC(CO)c2ccco2)cc(C)c1F. The lowest BCUT2D eigenvalue weighted by Gasteiger charge is -2.14. The highest BCUT2D eigenvalue weighted by molar-refractivity contribution is 5.94. The molecule has 1 atom stereocenters. The third-order valence-electron chi connectivity index (χ3n) is 3.07. The lowest BCUT2D eigenvalue weighted by atomic mass is 10.1. The van der Waals surface area contributed by atoms with Crippen molar-refractivity contribution in [3.05, 3.63) is 58.8 Å². The van der Waals surface area contributed by atoms with Crippen LogP contribution in [0.25, 0.3) is 0 Å². The van der Waals surface area contributed by atoms with E-state index in [0.29, 0.717) is 22.5 Å². The Balaban J connectivity index is 2.19. The zero-order valence-corrected chi connectivity index (χ0v) is 11.3. The Morgan fingerprint density at radius 1 is 1.40 bits per heavy atom. The summed E-state index contributed by atoms with van der Waals surface area (Å²) in [4.78, 5) is 12.1. The molecular weight excluding hydrogens is 261 g/mol. The Morgan fingerprint density at radius 3 is 2.55 bits per heavy atom. The molecule has 0 fully saturated rings. The molecule has 0 saturated carbocycles. The van der Waals surface area contributed by atoms with Gasteiger partial charge in [0, 0.05) is 5.56 Å². The summed E-state index contributed by atoms with van der Waals surface area (Å²) in [6.45, 7) is 2.93. The third kappa shape index (κ3) is 2.88. The summed E-state index contributed by atoms with van der Waals surface area (Å²) >= 11 is 0. The van der Waals surface area contributed by atoms with Gasteiger partial charge in [-0.25, -0.2) is 4.39 Å². The quantitative estimate of drug-likeness (QED) is 0.902. The third-order valence-corrected chi connectivity index (χ3v) is 3.07. The summed E-state index contributed by atoms with van der Waals surface area (Å²) in [5.74, 6) is -0.227. The Kier molecular flexibility index (Phi) is 4.20. The van der Waals surface area contributed by atoms with E-state index >= 15 is 0 Å². The minimum atomic E-state index is -0.622. The van der Waals surface area contributed by atoms with Gasteiger partial charge in [0.2, 0.25) is 0 Å². The van der Waals surface area contributed by atoms with E-state index in [1.165, 1.54) is 18.4 Å². The molecule has 2 rings (SSSR count). The van der Waals surface area contributed by atoms with E-state index in [1.807, 2.05) is 0 Å². The topological polar surface area (TPSA) is 62.5 Å². The molecular formula is C15H16FNO3. The average Bonchev–Trinajstić information content (AvgIpc) is 2.95. The minimum absolute atomic E-state index is 0.279.